The van der Waals surface area contributed by atoms with Crippen molar-refractivity contribution >= 4 is 50.0 Å². The van der Waals surface area contributed by atoms with Gasteiger partial charge in [0.25, 0.3) is 0 Å². The average Bonchev–Trinajstić information content (AvgIpc) is 3.68. The fourth-order valence-electron chi connectivity index (χ4n) is 6.67. The van der Waals surface area contributed by atoms with E-state index in [0.717, 1.165) is 61.3 Å². The highest BCUT2D eigenvalue weighted by Gasteiger charge is 2.27. The Morgan fingerprint density at radius 2 is 1.09 bits per heavy atom. The van der Waals surface area contributed by atoms with Crippen LogP contribution in [0.4, 0.5) is 11.4 Å². The Balaban J connectivity index is 1.22. The highest BCUT2D eigenvalue weighted by atomic mass is 16.3. The number of hydrogen-bond acceptors (Lipinski definition) is 4. The first-order chi connectivity index (χ1) is 22.3. The van der Waals surface area contributed by atoms with Crippen LogP contribution in [-0.2, 0) is 6.54 Å². The molecular weight excluding hydrogens is 552 g/mol. The third kappa shape index (κ3) is 4.22. The van der Waals surface area contributed by atoms with Gasteiger partial charge in [-0.2, -0.15) is 0 Å². The summed E-state index contributed by atoms with van der Waals surface area (Å²) in [6.07, 6.45) is 2.11. The number of benzene rings is 6. The first kappa shape index (κ1) is 25.5. The van der Waals surface area contributed by atoms with Crippen molar-refractivity contribution in [2.45, 2.75) is 6.54 Å². The maximum absolute atomic E-state index is 6.35. The summed E-state index contributed by atoms with van der Waals surface area (Å²) in [5.41, 5.74) is 11.7. The van der Waals surface area contributed by atoms with Crippen molar-refractivity contribution < 1.29 is 8.83 Å². The van der Waals surface area contributed by atoms with E-state index >= 15 is 0 Å². The van der Waals surface area contributed by atoms with Gasteiger partial charge >= 0.3 is 0 Å². The van der Waals surface area contributed by atoms with Gasteiger partial charge < -0.3 is 19.1 Å². The van der Waals surface area contributed by atoms with Gasteiger partial charge in [0, 0.05) is 33.7 Å². The van der Waals surface area contributed by atoms with Gasteiger partial charge in [0.2, 0.25) is 0 Å². The van der Waals surface area contributed by atoms with E-state index < -0.39 is 0 Å². The Morgan fingerprint density at radius 3 is 1.87 bits per heavy atom. The van der Waals surface area contributed by atoms with E-state index in [-0.39, 0.29) is 0 Å². The lowest BCUT2D eigenvalue weighted by molar-refractivity contribution is 0.531. The molecular formula is C41H28N2O2. The Bertz CT molecular complexity index is 2380. The second kappa shape index (κ2) is 10.3. The van der Waals surface area contributed by atoms with Gasteiger partial charge in [-0.3, -0.25) is 0 Å². The molecule has 214 valence electrons. The highest BCUT2D eigenvalue weighted by Crippen LogP contribution is 2.43. The molecule has 0 bridgehead atoms. The van der Waals surface area contributed by atoms with E-state index in [1.165, 1.54) is 22.3 Å². The summed E-state index contributed by atoms with van der Waals surface area (Å²) < 4.78 is 12.5. The van der Waals surface area contributed by atoms with E-state index in [4.69, 9.17) is 8.83 Å². The van der Waals surface area contributed by atoms with Gasteiger partial charge in [0.15, 0.2) is 0 Å². The molecule has 9 rings (SSSR count). The smallest absolute Gasteiger partial charge is 0.135 e. The molecule has 1 aliphatic heterocycles. The lowest BCUT2D eigenvalue weighted by Crippen LogP contribution is -2.22. The number of hydrogen-bond donors (Lipinski definition) is 1. The number of rotatable bonds is 5. The minimum atomic E-state index is 0.641. The van der Waals surface area contributed by atoms with E-state index in [2.05, 4.69) is 138 Å². The number of anilines is 2. The monoisotopic (exact) mass is 580 g/mol. The van der Waals surface area contributed by atoms with E-state index in [1.807, 2.05) is 24.3 Å². The van der Waals surface area contributed by atoms with E-state index in [0.29, 0.717) is 6.54 Å². The molecule has 0 radical (unpaired) electrons. The number of fused-ring (bicyclic) bond motifs is 6. The van der Waals surface area contributed by atoms with Crippen LogP contribution in [0, 0.1) is 0 Å². The zero-order chi connectivity index (χ0) is 29.7. The second-order valence-corrected chi connectivity index (χ2v) is 11.4. The summed E-state index contributed by atoms with van der Waals surface area (Å²) in [7, 11) is 0. The zero-order valence-corrected chi connectivity index (χ0v) is 24.4. The van der Waals surface area contributed by atoms with Crippen molar-refractivity contribution in [1.82, 2.24) is 5.32 Å². The summed E-state index contributed by atoms with van der Waals surface area (Å²) >= 11 is 0. The van der Waals surface area contributed by atoms with Crippen LogP contribution < -0.4 is 10.2 Å². The minimum absolute atomic E-state index is 0.641. The van der Waals surface area contributed by atoms with Crippen LogP contribution in [0.1, 0.15) is 11.3 Å². The van der Waals surface area contributed by atoms with Gasteiger partial charge in [-0.1, -0.05) is 103 Å². The normalized spacial score (nSPS) is 12.7. The van der Waals surface area contributed by atoms with Gasteiger partial charge in [0.1, 0.15) is 22.5 Å². The van der Waals surface area contributed by atoms with Crippen molar-refractivity contribution in [3.63, 3.8) is 0 Å². The SMILES string of the molecule is C1=C(N(c2ccc(-c3ccccc3-c3ccccc3)cc2)c2ccc3oc4ccccc4c3c2)c2c(oc3ccccc23)CN1. The summed E-state index contributed by atoms with van der Waals surface area (Å²) in [5, 5.41) is 6.78. The second-order valence-electron chi connectivity index (χ2n) is 11.4. The van der Waals surface area contributed by atoms with Crippen LogP contribution in [-0.4, -0.2) is 0 Å². The Kier molecular flexibility index (Phi) is 5.85. The largest absolute Gasteiger partial charge is 0.458 e. The summed E-state index contributed by atoms with van der Waals surface area (Å²) in [6.45, 7) is 0.641. The van der Waals surface area contributed by atoms with Gasteiger partial charge in [-0.15, -0.1) is 0 Å². The van der Waals surface area contributed by atoms with Crippen molar-refractivity contribution in [3.05, 3.63) is 163 Å². The first-order valence-corrected chi connectivity index (χ1v) is 15.2. The molecule has 1 aliphatic rings. The standard InChI is InChI=1S/C41H28N2O2/c1-2-10-27(11-3-1)31-12-4-5-13-32(31)28-18-20-29(21-19-28)43(30-22-23-39-35(24-30)33-14-6-8-16-37(33)44-39)36-25-42-26-40-41(36)34-15-7-9-17-38(34)45-40/h1-25,42H,26H2. The maximum atomic E-state index is 6.35. The van der Waals surface area contributed by atoms with Crippen molar-refractivity contribution in [2.75, 3.05) is 4.90 Å². The predicted octanol–water partition coefficient (Wildman–Crippen LogP) is 10.9. The molecule has 2 aromatic heterocycles. The lowest BCUT2D eigenvalue weighted by Gasteiger charge is -2.30. The van der Waals surface area contributed by atoms with Gasteiger partial charge in [-0.25, -0.2) is 0 Å². The van der Waals surface area contributed by atoms with Crippen molar-refractivity contribution in [2.24, 2.45) is 0 Å². The molecule has 4 nitrogen and oxygen atoms in total. The molecule has 0 fully saturated rings. The number of nitrogens with one attached hydrogen (secondary N) is 1. The topological polar surface area (TPSA) is 41.6 Å². The van der Waals surface area contributed by atoms with Gasteiger partial charge in [0.05, 0.1) is 17.8 Å². The molecule has 0 aliphatic carbocycles. The van der Waals surface area contributed by atoms with Crippen LogP contribution in [0.2, 0.25) is 0 Å². The molecule has 0 spiro atoms. The van der Waals surface area contributed by atoms with Crippen LogP contribution in [0.25, 0.3) is 60.9 Å². The Hall–Kier alpha value is -6.00. The summed E-state index contributed by atoms with van der Waals surface area (Å²) in [4.78, 5) is 2.32. The molecule has 3 heterocycles. The molecule has 4 heteroatoms. The molecule has 0 atom stereocenters. The van der Waals surface area contributed by atoms with Crippen LogP contribution in [0.15, 0.2) is 161 Å². The molecule has 0 saturated carbocycles. The Morgan fingerprint density at radius 1 is 0.489 bits per heavy atom. The van der Waals surface area contributed by atoms with Gasteiger partial charge in [-0.05, 0) is 64.7 Å². The number of para-hydroxylation sites is 2. The minimum Gasteiger partial charge on any atom is -0.458 e. The molecule has 8 aromatic rings. The van der Waals surface area contributed by atoms with E-state index in [1.54, 1.807) is 0 Å². The average molecular weight is 581 g/mol. The summed E-state index contributed by atoms with van der Waals surface area (Å²) in [6, 6.07) is 51.0. The zero-order valence-electron chi connectivity index (χ0n) is 24.4. The Labute approximate surface area is 260 Å². The molecule has 0 saturated heterocycles. The molecule has 0 amide bonds. The fourth-order valence-corrected chi connectivity index (χ4v) is 6.67. The van der Waals surface area contributed by atoms with E-state index in [9.17, 15) is 0 Å². The third-order valence-corrected chi connectivity index (χ3v) is 8.73. The highest BCUT2D eigenvalue weighted by molar-refractivity contribution is 6.08. The number of nitrogens with zero attached hydrogens (tertiary/aromatic N) is 1. The third-order valence-electron chi connectivity index (χ3n) is 8.73. The first-order valence-electron chi connectivity index (χ1n) is 15.2. The van der Waals surface area contributed by atoms with Crippen molar-refractivity contribution in [1.29, 1.82) is 0 Å². The molecule has 45 heavy (non-hydrogen) atoms. The molecule has 1 N–H and O–H groups in total. The van der Waals surface area contributed by atoms with Crippen LogP contribution in [0.3, 0.4) is 0 Å². The molecule has 6 aromatic carbocycles. The van der Waals surface area contributed by atoms with Crippen LogP contribution in [0.5, 0.6) is 0 Å². The fraction of sp³-hybridized carbons (Fsp3) is 0.0244. The van der Waals surface area contributed by atoms with Crippen molar-refractivity contribution in [3.8, 4) is 22.3 Å². The maximum Gasteiger partial charge on any atom is 0.135 e. The summed E-state index contributed by atoms with van der Waals surface area (Å²) in [5.74, 6) is 0.932. The van der Waals surface area contributed by atoms with Crippen LogP contribution >= 0.6 is 0 Å². The number of furan rings is 2. The molecule has 0 unspecified atom stereocenters. The predicted molar refractivity (Wildman–Crippen MR) is 184 cm³/mol. The lowest BCUT2D eigenvalue weighted by atomic mass is 9.94. The quantitative estimate of drug-likeness (QED) is 0.220.